The molecule has 1 aromatic rings. The van der Waals surface area contributed by atoms with Gasteiger partial charge in [0.15, 0.2) is 0 Å². The second kappa shape index (κ2) is 6.00. The molecule has 0 saturated carbocycles. The van der Waals surface area contributed by atoms with Crippen LogP contribution in [0.2, 0.25) is 0 Å². The molecule has 0 aliphatic rings. The molecule has 0 atom stereocenters. The molecule has 1 aromatic carbocycles. The van der Waals surface area contributed by atoms with Crippen molar-refractivity contribution in [2.45, 2.75) is 12.2 Å². The molecule has 3 heteroatoms. The van der Waals surface area contributed by atoms with Gasteiger partial charge in [0.2, 0.25) is 0 Å². The third-order valence-corrected chi connectivity index (χ3v) is 2.79. The van der Waals surface area contributed by atoms with Crippen molar-refractivity contribution in [1.29, 1.82) is 0 Å². The maximum atomic E-state index is 12.5. The highest BCUT2D eigenvalue weighted by atomic mass is 32.2. The molecular weight excluding hydrogens is 185 g/mol. The van der Waals surface area contributed by atoms with Crippen molar-refractivity contribution in [2.24, 2.45) is 5.73 Å². The Bertz CT molecular complexity index is 235. The van der Waals surface area contributed by atoms with Crippen molar-refractivity contribution in [2.75, 3.05) is 12.3 Å². The van der Waals surface area contributed by atoms with Gasteiger partial charge in [0.05, 0.1) is 0 Å². The summed E-state index contributed by atoms with van der Waals surface area (Å²) in [6, 6.07) is 6.65. The number of thioether (sulfide) groups is 1. The average Bonchev–Trinajstić information content (AvgIpc) is 2.15. The zero-order valence-electron chi connectivity index (χ0n) is 7.50. The van der Waals surface area contributed by atoms with E-state index in [9.17, 15) is 4.39 Å². The van der Waals surface area contributed by atoms with E-state index >= 15 is 0 Å². The molecule has 0 radical (unpaired) electrons. The van der Waals surface area contributed by atoms with Crippen LogP contribution in [0.15, 0.2) is 24.3 Å². The SMILES string of the molecule is NCCCSCc1ccc(F)cc1. The molecule has 0 bridgehead atoms. The lowest BCUT2D eigenvalue weighted by atomic mass is 10.2. The van der Waals surface area contributed by atoms with Crippen LogP contribution >= 0.6 is 11.8 Å². The molecule has 2 N–H and O–H groups in total. The fourth-order valence-electron chi connectivity index (χ4n) is 0.956. The highest BCUT2D eigenvalue weighted by Gasteiger charge is 1.93. The summed E-state index contributed by atoms with van der Waals surface area (Å²) < 4.78 is 12.5. The first-order valence-electron chi connectivity index (χ1n) is 4.35. The van der Waals surface area contributed by atoms with Crippen LogP contribution in [-0.4, -0.2) is 12.3 Å². The summed E-state index contributed by atoms with van der Waals surface area (Å²) in [5.41, 5.74) is 6.53. The largest absolute Gasteiger partial charge is 0.330 e. The molecular formula is C10H14FNS. The predicted molar refractivity (Wildman–Crippen MR) is 56.2 cm³/mol. The molecule has 1 rings (SSSR count). The van der Waals surface area contributed by atoms with Crippen molar-refractivity contribution in [1.82, 2.24) is 0 Å². The normalized spacial score (nSPS) is 10.3. The van der Waals surface area contributed by atoms with Crippen molar-refractivity contribution in [3.63, 3.8) is 0 Å². The topological polar surface area (TPSA) is 26.0 Å². The van der Waals surface area contributed by atoms with Crippen LogP contribution in [0.5, 0.6) is 0 Å². The Labute approximate surface area is 82.5 Å². The molecule has 0 aliphatic carbocycles. The molecule has 0 saturated heterocycles. The van der Waals surface area contributed by atoms with Gasteiger partial charge in [-0.1, -0.05) is 12.1 Å². The maximum absolute atomic E-state index is 12.5. The van der Waals surface area contributed by atoms with E-state index in [1.54, 1.807) is 0 Å². The van der Waals surface area contributed by atoms with Crippen LogP contribution in [0.4, 0.5) is 4.39 Å². The molecule has 0 spiro atoms. The number of hydrogen-bond donors (Lipinski definition) is 1. The van der Waals surface area contributed by atoms with E-state index in [0.29, 0.717) is 0 Å². The van der Waals surface area contributed by atoms with E-state index in [2.05, 4.69) is 0 Å². The van der Waals surface area contributed by atoms with Crippen molar-refractivity contribution in [3.8, 4) is 0 Å². The van der Waals surface area contributed by atoms with Gasteiger partial charge >= 0.3 is 0 Å². The number of hydrogen-bond acceptors (Lipinski definition) is 2. The molecule has 0 aliphatic heterocycles. The number of rotatable bonds is 5. The van der Waals surface area contributed by atoms with Gasteiger partial charge < -0.3 is 5.73 Å². The van der Waals surface area contributed by atoms with Gasteiger partial charge in [0.25, 0.3) is 0 Å². The van der Waals surface area contributed by atoms with Gasteiger partial charge in [-0.2, -0.15) is 11.8 Å². The quantitative estimate of drug-likeness (QED) is 0.737. The molecule has 0 aromatic heterocycles. The van der Waals surface area contributed by atoms with E-state index in [4.69, 9.17) is 5.73 Å². The van der Waals surface area contributed by atoms with Gasteiger partial charge in [0, 0.05) is 5.75 Å². The minimum atomic E-state index is -0.171. The van der Waals surface area contributed by atoms with Gasteiger partial charge in [0.1, 0.15) is 5.82 Å². The Morgan fingerprint density at radius 1 is 1.23 bits per heavy atom. The zero-order valence-corrected chi connectivity index (χ0v) is 8.32. The third kappa shape index (κ3) is 4.29. The number of benzene rings is 1. The Morgan fingerprint density at radius 2 is 1.92 bits per heavy atom. The Morgan fingerprint density at radius 3 is 2.54 bits per heavy atom. The molecule has 0 amide bonds. The van der Waals surface area contributed by atoms with Crippen molar-refractivity contribution in [3.05, 3.63) is 35.6 Å². The van der Waals surface area contributed by atoms with Gasteiger partial charge in [-0.25, -0.2) is 4.39 Å². The molecule has 1 nitrogen and oxygen atoms in total. The monoisotopic (exact) mass is 199 g/mol. The highest BCUT2D eigenvalue weighted by Crippen LogP contribution is 2.13. The lowest BCUT2D eigenvalue weighted by Gasteiger charge is -2.00. The van der Waals surface area contributed by atoms with Gasteiger partial charge in [-0.3, -0.25) is 0 Å². The fraction of sp³-hybridized carbons (Fsp3) is 0.400. The Balaban J connectivity index is 2.25. The van der Waals surface area contributed by atoms with Crippen LogP contribution in [0.1, 0.15) is 12.0 Å². The molecule has 0 fully saturated rings. The van der Waals surface area contributed by atoms with Crippen LogP contribution in [0.3, 0.4) is 0 Å². The standard InChI is InChI=1S/C10H14FNS/c11-10-4-2-9(3-5-10)8-13-7-1-6-12/h2-5H,1,6-8,12H2. The summed E-state index contributed by atoms with van der Waals surface area (Å²) in [5.74, 6) is 1.85. The van der Waals surface area contributed by atoms with Crippen LogP contribution < -0.4 is 5.73 Å². The highest BCUT2D eigenvalue weighted by molar-refractivity contribution is 7.98. The fourth-order valence-corrected chi connectivity index (χ4v) is 1.90. The Kier molecular flexibility index (Phi) is 4.86. The van der Waals surface area contributed by atoms with E-state index < -0.39 is 0 Å². The van der Waals surface area contributed by atoms with E-state index in [1.807, 2.05) is 23.9 Å². The lowest BCUT2D eigenvalue weighted by Crippen LogP contribution is -1.99. The zero-order chi connectivity index (χ0) is 9.52. The van der Waals surface area contributed by atoms with Gasteiger partial charge in [-0.05, 0) is 36.4 Å². The van der Waals surface area contributed by atoms with Crippen LogP contribution in [0.25, 0.3) is 0 Å². The summed E-state index contributed by atoms with van der Waals surface area (Å²) in [5, 5.41) is 0. The third-order valence-electron chi connectivity index (χ3n) is 1.67. The summed E-state index contributed by atoms with van der Waals surface area (Å²) >= 11 is 1.83. The first-order valence-corrected chi connectivity index (χ1v) is 5.50. The first-order chi connectivity index (χ1) is 6.33. The summed E-state index contributed by atoms with van der Waals surface area (Å²) in [7, 11) is 0. The smallest absolute Gasteiger partial charge is 0.123 e. The second-order valence-electron chi connectivity index (χ2n) is 2.82. The van der Waals surface area contributed by atoms with Crippen molar-refractivity contribution < 1.29 is 4.39 Å². The van der Waals surface area contributed by atoms with E-state index in [-0.39, 0.29) is 5.82 Å². The lowest BCUT2D eigenvalue weighted by molar-refractivity contribution is 0.627. The minimum Gasteiger partial charge on any atom is -0.330 e. The molecule has 72 valence electrons. The van der Waals surface area contributed by atoms with E-state index in [1.165, 1.54) is 17.7 Å². The molecule has 0 heterocycles. The van der Waals surface area contributed by atoms with Gasteiger partial charge in [-0.15, -0.1) is 0 Å². The van der Waals surface area contributed by atoms with Crippen LogP contribution in [-0.2, 0) is 5.75 Å². The molecule has 0 unspecified atom stereocenters. The average molecular weight is 199 g/mol. The Hall–Kier alpha value is -0.540. The summed E-state index contributed by atoms with van der Waals surface area (Å²) in [4.78, 5) is 0. The molecule has 13 heavy (non-hydrogen) atoms. The first kappa shape index (κ1) is 10.5. The maximum Gasteiger partial charge on any atom is 0.123 e. The summed E-state index contributed by atoms with van der Waals surface area (Å²) in [6.07, 6.45) is 1.05. The van der Waals surface area contributed by atoms with E-state index in [0.717, 1.165) is 24.5 Å². The van der Waals surface area contributed by atoms with Crippen molar-refractivity contribution >= 4 is 11.8 Å². The summed E-state index contributed by atoms with van der Waals surface area (Å²) in [6.45, 7) is 0.746. The minimum absolute atomic E-state index is 0.171. The number of halogens is 1. The van der Waals surface area contributed by atoms with Crippen LogP contribution in [0, 0.1) is 5.82 Å². The number of nitrogens with two attached hydrogens (primary N) is 1. The predicted octanol–water partition coefficient (Wildman–Crippen LogP) is 2.41. The second-order valence-corrected chi connectivity index (χ2v) is 3.93.